The van der Waals surface area contributed by atoms with Gasteiger partial charge in [0.2, 0.25) is 0 Å². The molecule has 0 aromatic rings. The first-order chi connectivity index (χ1) is 9.43. The van der Waals surface area contributed by atoms with Crippen molar-refractivity contribution >= 4 is 11.9 Å². The average molecular weight is 288 g/mol. The molecule has 0 unspecified atom stereocenters. The third-order valence-electron chi connectivity index (χ3n) is 3.62. The van der Waals surface area contributed by atoms with Crippen LogP contribution in [0.2, 0.25) is 0 Å². The zero-order valence-corrected chi connectivity index (χ0v) is 12.3. The molecule has 2 aliphatic rings. The van der Waals surface area contributed by atoms with E-state index in [1.54, 1.807) is 0 Å². The average Bonchev–Trinajstić information content (AvgIpc) is 2.42. The minimum atomic E-state index is -2.19. The van der Waals surface area contributed by atoms with E-state index in [2.05, 4.69) is 11.5 Å². The summed E-state index contributed by atoms with van der Waals surface area (Å²) in [6.07, 6.45) is 14.1. The van der Waals surface area contributed by atoms with Crippen LogP contribution in [0.4, 0.5) is 0 Å². The molecule has 6 heteroatoms. The maximum absolute atomic E-state index is 8.93. The van der Waals surface area contributed by atoms with Crippen molar-refractivity contribution in [1.29, 1.82) is 0 Å². The number of carboxylic acid groups (broad SMARTS) is 2. The van der Waals surface area contributed by atoms with E-state index in [9.17, 15) is 0 Å². The molecular formula is C14H28N2O4. The standard InChI is InChI=1S/2C6H13N.C2H2O4/c2*7-6-4-2-1-3-5-6;3-1(4)2(5)6/h2*6H,1-5,7H2;(H,3,4)(H,5,6). The zero-order valence-electron chi connectivity index (χ0n) is 12.3. The summed E-state index contributed by atoms with van der Waals surface area (Å²) >= 11 is 0. The Balaban J connectivity index is 0.000000272. The van der Waals surface area contributed by atoms with E-state index in [1.807, 2.05) is 0 Å². The summed E-state index contributed by atoms with van der Waals surface area (Å²) in [5.74, 6) is -4.37. The van der Waals surface area contributed by atoms with Crippen LogP contribution in [0.25, 0.3) is 0 Å². The number of hydrogen-bond donors (Lipinski definition) is 2. The molecule has 118 valence electrons. The lowest BCUT2D eigenvalue weighted by Gasteiger charge is -2.12. The third-order valence-corrected chi connectivity index (χ3v) is 3.62. The second-order valence-electron chi connectivity index (χ2n) is 5.58. The topological polar surface area (TPSA) is 136 Å². The van der Waals surface area contributed by atoms with Gasteiger partial charge in [0.25, 0.3) is 0 Å². The Labute approximate surface area is 120 Å². The first-order valence-corrected chi connectivity index (χ1v) is 7.52. The zero-order chi connectivity index (χ0) is 15.4. The van der Waals surface area contributed by atoms with Crippen LogP contribution in [0.5, 0.6) is 0 Å². The van der Waals surface area contributed by atoms with E-state index in [0.29, 0.717) is 0 Å². The second kappa shape index (κ2) is 11.7. The summed E-state index contributed by atoms with van der Waals surface area (Å²) in [5, 5.41) is 17.9. The van der Waals surface area contributed by atoms with Crippen molar-refractivity contribution in [2.45, 2.75) is 76.3 Å². The van der Waals surface area contributed by atoms with E-state index in [-0.39, 0.29) is 0 Å². The van der Waals surface area contributed by atoms with Gasteiger partial charge in [-0.2, -0.15) is 0 Å². The fourth-order valence-corrected chi connectivity index (χ4v) is 2.37. The Bertz CT molecular complexity index is 244. The summed E-state index contributed by atoms with van der Waals surface area (Å²) in [6, 6.07) is 1.57. The molecule has 2 fully saturated rings. The van der Waals surface area contributed by atoms with Gasteiger partial charge in [-0.25, -0.2) is 0 Å². The van der Waals surface area contributed by atoms with Gasteiger partial charge in [-0.15, -0.1) is 0 Å². The minimum Gasteiger partial charge on any atom is -0.543 e. The Morgan fingerprint density at radius 1 is 0.650 bits per heavy atom. The molecule has 6 N–H and O–H groups in total. The van der Waals surface area contributed by atoms with E-state index in [4.69, 9.17) is 19.8 Å². The lowest BCUT2D eigenvalue weighted by Crippen LogP contribution is -2.61. The van der Waals surface area contributed by atoms with Crippen molar-refractivity contribution in [3.8, 4) is 0 Å². The summed E-state index contributed by atoms with van der Waals surface area (Å²) in [5.41, 5.74) is 8.00. The highest BCUT2D eigenvalue weighted by molar-refractivity contribution is 6.25. The predicted molar refractivity (Wildman–Crippen MR) is 69.5 cm³/mol. The van der Waals surface area contributed by atoms with Crippen molar-refractivity contribution in [1.82, 2.24) is 0 Å². The van der Waals surface area contributed by atoms with E-state index in [1.165, 1.54) is 64.2 Å². The van der Waals surface area contributed by atoms with Crippen LogP contribution in [0.15, 0.2) is 0 Å². The third kappa shape index (κ3) is 11.9. The lowest BCUT2D eigenvalue weighted by molar-refractivity contribution is -0.425. The highest BCUT2D eigenvalue weighted by atomic mass is 16.4. The van der Waals surface area contributed by atoms with Crippen LogP contribution in [0.3, 0.4) is 0 Å². The van der Waals surface area contributed by atoms with Crippen molar-refractivity contribution < 1.29 is 31.3 Å². The fraction of sp³-hybridized carbons (Fsp3) is 0.857. The first kappa shape index (κ1) is 18.9. The molecule has 20 heavy (non-hydrogen) atoms. The molecule has 0 aromatic heterocycles. The predicted octanol–water partition coefficient (Wildman–Crippen LogP) is -2.39. The number of aliphatic carboxylic acids is 2. The normalized spacial score (nSPS) is 19.9. The van der Waals surface area contributed by atoms with Gasteiger partial charge in [0.15, 0.2) is 0 Å². The molecule has 0 radical (unpaired) electrons. The fourth-order valence-electron chi connectivity index (χ4n) is 2.37. The number of carboxylic acids is 2. The number of rotatable bonds is 0. The summed E-state index contributed by atoms with van der Waals surface area (Å²) in [6.45, 7) is 0. The molecule has 0 amide bonds. The van der Waals surface area contributed by atoms with Gasteiger partial charge in [0.1, 0.15) is 0 Å². The van der Waals surface area contributed by atoms with Crippen LogP contribution in [0.1, 0.15) is 64.2 Å². The quantitative estimate of drug-likeness (QED) is 0.480. The van der Waals surface area contributed by atoms with Crippen molar-refractivity contribution in [2.24, 2.45) is 0 Å². The highest BCUT2D eigenvalue weighted by Crippen LogP contribution is 2.14. The summed E-state index contributed by atoms with van der Waals surface area (Å²) in [4.78, 5) is 17.9. The first-order valence-electron chi connectivity index (χ1n) is 7.52. The molecule has 0 heterocycles. The molecule has 2 rings (SSSR count). The van der Waals surface area contributed by atoms with Gasteiger partial charge in [0, 0.05) is 0 Å². The van der Waals surface area contributed by atoms with Crippen molar-refractivity contribution in [3.63, 3.8) is 0 Å². The summed E-state index contributed by atoms with van der Waals surface area (Å²) < 4.78 is 0. The Kier molecular flexibility index (Phi) is 11.0. The Hall–Kier alpha value is -1.14. The van der Waals surface area contributed by atoms with Crippen molar-refractivity contribution in [3.05, 3.63) is 0 Å². The van der Waals surface area contributed by atoms with Crippen molar-refractivity contribution in [2.75, 3.05) is 0 Å². The molecule has 0 aromatic carbocycles. The van der Waals surface area contributed by atoms with E-state index >= 15 is 0 Å². The number of carbonyl (C=O) groups is 2. The molecule has 2 aliphatic carbocycles. The van der Waals surface area contributed by atoms with E-state index < -0.39 is 11.9 Å². The molecule has 0 spiro atoms. The van der Waals surface area contributed by atoms with Crippen LogP contribution >= 0.6 is 0 Å². The smallest absolute Gasteiger partial charge is 0.0870 e. The van der Waals surface area contributed by atoms with Crippen LogP contribution in [-0.2, 0) is 9.59 Å². The molecular weight excluding hydrogens is 260 g/mol. The number of quaternary nitrogens is 2. The molecule has 0 saturated heterocycles. The maximum atomic E-state index is 8.93. The number of carbonyl (C=O) groups excluding carboxylic acids is 2. The van der Waals surface area contributed by atoms with Gasteiger partial charge in [-0.1, -0.05) is 12.8 Å². The second-order valence-corrected chi connectivity index (χ2v) is 5.58. The SMILES string of the molecule is O=C([O-])C(=O)[O-].[NH3+]C1CCCCC1.[NH3+]C1CCCCC1. The molecule has 2 saturated carbocycles. The van der Waals surface area contributed by atoms with Gasteiger partial charge < -0.3 is 31.3 Å². The molecule has 6 nitrogen and oxygen atoms in total. The maximum Gasteiger partial charge on any atom is 0.0870 e. The summed E-state index contributed by atoms with van der Waals surface area (Å²) in [7, 11) is 0. The Morgan fingerprint density at radius 2 is 0.900 bits per heavy atom. The largest absolute Gasteiger partial charge is 0.543 e. The molecule has 0 atom stereocenters. The van der Waals surface area contributed by atoms with Crippen LogP contribution in [-0.4, -0.2) is 24.0 Å². The number of hydrogen-bond acceptors (Lipinski definition) is 4. The molecule has 0 aliphatic heterocycles. The monoisotopic (exact) mass is 288 g/mol. The highest BCUT2D eigenvalue weighted by Gasteiger charge is 2.10. The van der Waals surface area contributed by atoms with Gasteiger partial charge in [0.05, 0.1) is 24.0 Å². The molecule has 0 bridgehead atoms. The van der Waals surface area contributed by atoms with Gasteiger partial charge in [-0.3, -0.25) is 0 Å². The van der Waals surface area contributed by atoms with Crippen LogP contribution < -0.4 is 21.7 Å². The Morgan fingerprint density at radius 3 is 1.00 bits per heavy atom. The minimum absolute atomic E-state index is 0.786. The van der Waals surface area contributed by atoms with Gasteiger partial charge in [-0.05, 0) is 51.4 Å². The van der Waals surface area contributed by atoms with E-state index in [0.717, 1.165) is 12.1 Å². The van der Waals surface area contributed by atoms with Crippen LogP contribution in [0, 0.1) is 0 Å². The van der Waals surface area contributed by atoms with Gasteiger partial charge >= 0.3 is 0 Å². The lowest BCUT2D eigenvalue weighted by atomic mass is 9.97.